The van der Waals surface area contributed by atoms with E-state index in [1.165, 1.54) is 0 Å². The van der Waals surface area contributed by atoms with Crippen LogP contribution in [-0.4, -0.2) is 6.61 Å². The van der Waals surface area contributed by atoms with E-state index in [1.54, 1.807) is 25.1 Å². The summed E-state index contributed by atoms with van der Waals surface area (Å²) in [5.74, 6) is 0.480. The van der Waals surface area contributed by atoms with E-state index in [4.69, 9.17) is 19.6 Å². The fourth-order valence-corrected chi connectivity index (χ4v) is 3.24. The number of nitrogens with two attached hydrogens (primary N) is 1. The third-order valence-electron chi connectivity index (χ3n) is 3.84. The summed E-state index contributed by atoms with van der Waals surface area (Å²) in [6, 6.07) is 9.04. The molecule has 0 fully saturated rings. The van der Waals surface area contributed by atoms with Crippen molar-refractivity contribution in [2.45, 2.75) is 19.8 Å². The zero-order chi connectivity index (χ0) is 18.1. The topological polar surface area (TPSA) is 98.5 Å². The molecular formula is C18H15BrN2O4. The van der Waals surface area contributed by atoms with Gasteiger partial charge in [-0.1, -0.05) is 15.9 Å². The maximum absolute atomic E-state index is 12.5. The molecule has 0 amide bonds. The molecule has 25 heavy (non-hydrogen) atoms. The molecule has 3 rings (SSSR count). The highest BCUT2D eigenvalue weighted by Gasteiger charge is 2.36. The highest BCUT2D eigenvalue weighted by Crippen LogP contribution is 2.44. The molecule has 7 heteroatoms. The lowest BCUT2D eigenvalue weighted by atomic mass is 9.84. The number of fused-ring (bicyclic) bond motifs is 1. The summed E-state index contributed by atoms with van der Waals surface area (Å²) in [6.45, 7) is 3.94. The van der Waals surface area contributed by atoms with Crippen molar-refractivity contribution < 1.29 is 13.9 Å². The molecule has 0 bridgehead atoms. The third kappa shape index (κ3) is 3.01. The van der Waals surface area contributed by atoms with Gasteiger partial charge >= 0.3 is 5.63 Å². The number of halogens is 1. The van der Waals surface area contributed by atoms with Crippen molar-refractivity contribution in [3.8, 4) is 17.6 Å². The molecule has 1 aliphatic rings. The minimum Gasteiger partial charge on any atom is -0.494 e. The molecule has 0 saturated carbocycles. The molecule has 0 spiro atoms. The van der Waals surface area contributed by atoms with Crippen molar-refractivity contribution in [3.63, 3.8) is 0 Å². The van der Waals surface area contributed by atoms with Crippen LogP contribution in [0.3, 0.4) is 0 Å². The molecule has 2 N–H and O–H groups in total. The summed E-state index contributed by atoms with van der Waals surface area (Å²) >= 11 is 3.42. The van der Waals surface area contributed by atoms with E-state index in [2.05, 4.69) is 22.0 Å². The van der Waals surface area contributed by atoms with Crippen molar-refractivity contribution in [1.29, 1.82) is 5.26 Å². The Labute approximate surface area is 152 Å². The van der Waals surface area contributed by atoms with Crippen LogP contribution in [-0.2, 0) is 0 Å². The van der Waals surface area contributed by atoms with Crippen LogP contribution in [0, 0.1) is 18.3 Å². The average Bonchev–Trinajstić information content (AvgIpc) is 2.55. The van der Waals surface area contributed by atoms with E-state index in [0.717, 1.165) is 4.47 Å². The Bertz CT molecular complexity index is 972. The molecule has 0 unspecified atom stereocenters. The maximum atomic E-state index is 12.5. The number of allylic oxidation sites excluding steroid dienone is 1. The standard InChI is InChI=1S/C18H15BrN2O4/c1-3-23-13-5-4-10(19)7-11(13)15-12(8-20)17(21)25-14-6-9(2)24-18(22)16(14)15/h4-7,15H,3,21H2,1-2H3/t15-/m1/s1. The minimum atomic E-state index is -0.732. The second-order valence-corrected chi connectivity index (χ2v) is 6.38. The molecule has 0 aliphatic carbocycles. The van der Waals surface area contributed by atoms with Gasteiger partial charge in [0.25, 0.3) is 0 Å². The van der Waals surface area contributed by atoms with Gasteiger partial charge in [-0.05, 0) is 32.0 Å². The second kappa shape index (κ2) is 6.65. The second-order valence-electron chi connectivity index (χ2n) is 5.46. The first-order chi connectivity index (χ1) is 12.0. The van der Waals surface area contributed by atoms with Gasteiger partial charge in [0.05, 0.1) is 18.1 Å². The van der Waals surface area contributed by atoms with E-state index < -0.39 is 11.5 Å². The lowest BCUT2D eigenvalue weighted by molar-refractivity contribution is 0.333. The van der Waals surface area contributed by atoms with Crippen LogP contribution in [0.1, 0.15) is 29.7 Å². The van der Waals surface area contributed by atoms with Crippen LogP contribution in [0.4, 0.5) is 0 Å². The van der Waals surface area contributed by atoms with Gasteiger partial charge in [-0.25, -0.2) is 4.79 Å². The third-order valence-corrected chi connectivity index (χ3v) is 4.33. The number of rotatable bonds is 3. The van der Waals surface area contributed by atoms with Crippen molar-refractivity contribution in [2.75, 3.05) is 6.61 Å². The lowest BCUT2D eigenvalue weighted by Gasteiger charge is -2.26. The Balaban J connectivity index is 2.34. The van der Waals surface area contributed by atoms with Crippen molar-refractivity contribution >= 4 is 15.9 Å². The van der Waals surface area contributed by atoms with Crippen LogP contribution in [0.5, 0.6) is 11.5 Å². The molecule has 0 saturated heterocycles. The molecule has 128 valence electrons. The number of nitrogens with zero attached hydrogens (tertiary/aromatic N) is 1. The SMILES string of the molecule is CCOc1ccc(Br)cc1[C@@H]1C(C#N)=C(N)Oc2cc(C)oc(=O)c21. The van der Waals surface area contributed by atoms with E-state index in [9.17, 15) is 10.1 Å². The van der Waals surface area contributed by atoms with Gasteiger partial charge in [0.2, 0.25) is 5.88 Å². The van der Waals surface area contributed by atoms with E-state index in [0.29, 0.717) is 23.7 Å². The summed E-state index contributed by atoms with van der Waals surface area (Å²) in [6.07, 6.45) is 0. The summed E-state index contributed by atoms with van der Waals surface area (Å²) in [4.78, 5) is 12.5. The average molecular weight is 403 g/mol. The Hall–Kier alpha value is -2.72. The highest BCUT2D eigenvalue weighted by atomic mass is 79.9. The molecule has 6 nitrogen and oxygen atoms in total. The van der Waals surface area contributed by atoms with Crippen LogP contribution >= 0.6 is 15.9 Å². The first-order valence-corrected chi connectivity index (χ1v) is 8.40. The fourth-order valence-electron chi connectivity index (χ4n) is 2.86. The quantitative estimate of drug-likeness (QED) is 0.844. The fraction of sp³-hybridized carbons (Fsp3) is 0.222. The predicted octanol–water partition coefficient (Wildman–Crippen LogP) is 3.33. The zero-order valence-electron chi connectivity index (χ0n) is 13.6. The normalized spacial score (nSPS) is 16.0. The van der Waals surface area contributed by atoms with Gasteiger partial charge in [-0.2, -0.15) is 5.26 Å². The maximum Gasteiger partial charge on any atom is 0.343 e. The van der Waals surface area contributed by atoms with E-state index in [1.807, 2.05) is 13.0 Å². The van der Waals surface area contributed by atoms with Gasteiger partial charge in [-0.3, -0.25) is 0 Å². The monoisotopic (exact) mass is 402 g/mol. The van der Waals surface area contributed by atoms with Crippen LogP contribution in [0.25, 0.3) is 0 Å². The zero-order valence-corrected chi connectivity index (χ0v) is 15.2. The minimum absolute atomic E-state index is 0.0348. The largest absolute Gasteiger partial charge is 0.494 e. The first kappa shape index (κ1) is 17.1. The van der Waals surface area contributed by atoms with Crippen molar-refractivity contribution in [2.24, 2.45) is 5.73 Å². The number of aryl methyl sites for hydroxylation is 1. The highest BCUT2D eigenvalue weighted by molar-refractivity contribution is 9.10. The van der Waals surface area contributed by atoms with E-state index >= 15 is 0 Å². The van der Waals surface area contributed by atoms with Crippen molar-refractivity contribution in [3.05, 3.63) is 67.5 Å². The Kier molecular flexibility index (Phi) is 4.55. The number of benzene rings is 1. The molecule has 0 radical (unpaired) electrons. The lowest BCUT2D eigenvalue weighted by Crippen LogP contribution is -2.26. The molecule has 2 aromatic rings. The summed E-state index contributed by atoms with van der Waals surface area (Å²) in [7, 11) is 0. The molecule has 1 aromatic carbocycles. The van der Waals surface area contributed by atoms with Gasteiger partial charge in [0, 0.05) is 16.1 Å². The smallest absolute Gasteiger partial charge is 0.343 e. The van der Waals surface area contributed by atoms with E-state index in [-0.39, 0.29) is 22.8 Å². The Morgan fingerprint density at radius 3 is 2.84 bits per heavy atom. The molecular weight excluding hydrogens is 388 g/mol. The molecule has 1 aromatic heterocycles. The number of hydrogen-bond acceptors (Lipinski definition) is 6. The summed E-state index contributed by atoms with van der Waals surface area (Å²) < 4.78 is 17.2. The molecule has 1 aliphatic heterocycles. The number of hydrogen-bond donors (Lipinski definition) is 1. The predicted molar refractivity (Wildman–Crippen MR) is 94.3 cm³/mol. The summed E-state index contributed by atoms with van der Waals surface area (Å²) in [5.41, 5.74) is 6.39. The van der Waals surface area contributed by atoms with Crippen LogP contribution in [0.15, 0.2) is 49.4 Å². The van der Waals surface area contributed by atoms with Crippen molar-refractivity contribution in [1.82, 2.24) is 0 Å². The first-order valence-electron chi connectivity index (χ1n) is 7.60. The molecule has 1 atom stereocenters. The van der Waals surface area contributed by atoms with Gasteiger partial charge in [0.1, 0.15) is 28.9 Å². The van der Waals surface area contributed by atoms with Gasteiger partial charge in [-0.15, -0.1) is 0 Å². The van der Waals surface area contributed by atoms with Crippen LogP contribution < -0.4 is 20.8 Å². The van der Waals surface area contributed by atoms with Crippen LogP contribution in [0.2, 0.25) is 0 Å². The number of ether oxygens (including phenoxy) is 2. The summed E-state index contributed by atoms with van der Waals surface area (Å²) in [5, 5.41) is 9.60. The Morgan fingerprint density at radius 2 is 2.16 bits per heavy atom. The van der Waals surface area contributed by atoms with Gasteiger partial charge in [0.15, 0.2) is 0 Å². The molecule has 2 heterocycles. The Morgan fingerprint density at radius 1 is 1.40 bits per heavy atom. The number of nitriles is 1. The van der Waals surface area contributed by atoms with Gasteiger partial charge < -0.3 is 19.6 Å².